The van der Waals surface area contributed by atoms with Crippen molar-refractivity contribution in [3.8, 4) is 0 Å². The van der Waals surface area contributed by atoms with E-state index in [1.807, 2.05) is 0 Å². The first kappa shape index (κ1) is 16.7. The predicted octanol–water partition coefficient (Wildman–Crippen LogP) is 2.07. The van der Waals surface area contributed by atoms with Crippen LogP contribution in [-0.4, -0.2) is 44.4 Å². The summed E-state index contributed by atoms with van der Waals surface area (Å²) in [6, 6.07) is -1.83. The van der Waals surface area contributed by atoms with E-state index in [2.05, 4.69) is 25.6 Å². The quantitative estimate of drug-likeness (QED) is 0.772. The molecular formula is C10H15ClF3N5O. The lowest BCUT2D eigenvalue weighted by Crippen LogP contribution is -2.34. The van der Waals surface area contributed by atoms with E-state index >= 15 is 0 Å². The number of nitrogens with one attached hydrogen (secondary N) is 2. The first-order valence-electron chi connectivity index (χ1n) is 5.68. The number of alkyl halides is 3. The summed E-state index contributed by atoms with van der Waals surface area (Å²) in [5.74, 6) is -0.322. The molecule has 0 aliphatic heterocycles. The Balaban J connectivity index is 2.81. The Morgan fingerprint density at radius 2 is 1.75 bits per heavy atom. The van der Waals surface area contributed by atoms with Gasteiger partial charge in [-0.2, -0.15) is 28.1 Å². The Hall–Kier alpha value is -1.35. The van der Waals surface area contributed by atoms with Crippen molar-refractivity contribution in [3.05, 3.63) is 5.28 Å². The second kappa shape index (κ2) is 5.96. The van der Waals surface area contributed by atoms with Gasteiger partial charge in [0.15, 0.2) is 0 Å². The van der Waals surface area contributed by atoms with E-state index in [1.165, 1.54) is 0 Å². The molecule has 0 spiro atoms. The van der Waals surface area contributed by atoms with Crippen molar-refractivity contribution in [2.45, 2.75) is 38.6 Å². The maximum Gasteiger partial charge on any atom is 0.408 e. The molecule has 0 saturated heterocycles. The summed E-state index contributed by atoms with van der Waals surface area (Å²) in [4.78, 5) is 11.0. The summed E-state index contributed by atoms with van der Waals surface area (Å²) in [7, 11) is 0. The number of hydrogen-bond donors (Lipinski definition) is 3. The highest BCUT2D eigenvalue weighted by atomic mass is 35.5. The van der Waals surface area contributed by atoms with Crippen molar-refractivity contribution in [2.75, 3.05) is 17.2 Å². The lowest BCUT2D eigenvalue weighted by atomic mass is 10.1. The zero-order chi connectivity index (χ0) is 15.6. The monoisotopic (exact) mass is 313 g/mol. The van der Waals surface area contributed by atoms with Crippen LogP contribution in [0.2, 0.25) is 5.28 Å². The molecule has 10 heteroatoms. The largest absolute Gasteiger partial charge is 0.408 e. The van der Waals surface area contributed by atoms with Gasteiger partial charge in [0.1, 0.15) is 6.04 Å². The lowest BCUT2D eigenvalue weighted by molar-refractivity contribution is -0.138. The summed E-state index contributed by atoms with van der Waals surface area (Å²) < 4.78 is 37.3. The van der Waals surface area contributed by atoms with Crippen LogP contribution >= 0.6 is 11.6 Å². The van der Waals surface area contributed by atoms with Gasteiger partial charge in [-0.1, -0.05) is 0 Å². The predicted molar refractivity (Wildman–Crippen MR) is 68.8 cm³/mol. The summed E-state index contributed by atoms with van der Waals surface area (Å²) >= 11 is 5.61. The Morgan fingerprint density at radius 3 is 2.25 bits per heavy atom. The molecule has 114 valence electrons. The molecule has 0 fully saturated rings. The molecule has 1 aromatic heterocycles. The SMILES string of the molecule is C[C@@H](Nc1nc(Cl)nc(NCC(C)(C)O)n1)C(F)(F)F. The normalized spacial score (nSPS) is 14.0. The van der Waals surface area contributed by atoms with Crippen molar-refractivity contribution < 1.29 is 18.3 Å². The van der Waals surface area contributed by atoms with Crippen LogP contribution < -0.4 is 10.6 Å². The second-order valence-corrected chi connectivity index (χ2v) is 5.16. The van der Waals surface area contributed by atoms with Crippen LogP contribution in [0.25, 0.3) is 0 Å². The standard InChI is InChI=1S/C10H15ClF3N5O/c1-5(10(12,13)14)16-8-18-6(11)17-7(19-8)15-4-9(2,3)20/h5,20H,4H2,1-3H3,(H2,15,16,17,18,19)/t5-/m1/s1. The maximum absolute atomic E-state index is 12.4. The van der Waals surface area contributed by atoms with Gasteiger partial charge in [0.2, 0.25) is 17.2 Å². The van der Waals surface area contributed by atoms with E-state index in [9.17, 15) is 18.3 Å². The van der Waals surface area contributed by atoms with Crippen LogP contribution in [0, 0.1) is 0 Å². The Bertz CT molecular complexity index is 463. The first-order valence-corrected chi connectivity index (χ1v) is 6.06. The minimum atomic E-state index is -4.43. The summed E-state index contributed by atoms with van der Waals surface area (Å²) in [6.07, 6.45) is -4.43. The fourth-order valence-electron chi connectivity index (χ4n) is 1.06. The second-order valence-electron chi connectivity index (χ2n) is 4.83. The van der Waals surface area contributed by atoms with Crippen LogP contribution in [0.15, 0.2) is 0 Å². The van der Waals surface area contributed by atoms with Gasteiger partial charge in [-0.15, -0.1) is 0 Å². The summed E-state index contributed by atoms with van der Waals surface area (Å²) in [5, 5.41) is 14.0. The van der Waals surface area contributed by atoms with Crippen molar-refractivity contribution in [1.29, 1.82) is 0 Å². The summed E-state index contributed by atoms with van der Waals surface area (Å²) in [5.41, 5.74) is -1.04. The minimum Gasteiger partial charge on any atom is -0.389 e. The molecule has 6 nitrogen and oxygen atoms in total. The third kappa shape index (κ3) is 5.74. The van der Waals surface area contributed by atoms with E-state index in [-0.39, 0.29) is 23.7 Å². The molecule has 0 unspecified atom stereocenters. The highest BCUT2D eigenvalue weighted by molar-refractivity contribution is 6.28. The Morgan fingerprint density at radius 1 is 1.20 bits per heavy atom. The Kier molecular flexibility index (Phi) is 4.98. The van der Waals surface area contributed by atoms with Gasteiger partial charge >= 0.3 is 6.18 Å². The molecule has 0 aliphatic rings. The van der Waals surface area contributed by atoms with Crippen LogP contribution in [0.1, 0.15) is 20.8 Å². The lowest BCUT2D eigenvalue weighted by Gasteiger charge is -2.19. The Labute approximate surface area is 118 Å². The fourth-order valence-corrected chi connectivity index (χ4v) is 1.22. The van der Waals surface area contributed by atoms with E-state index in [0.29, 0.717) is 0 Å². The van der Waals surface area contributed by atoms with E-state index < -0.39 is 17.8 Å². The molecule has 3 N–H and O–H groups in total. The molecule has 1 heterocycles. The van der Waals surface area contributed by atoms with Gasteiger partial charge in [-0.05, 0) is 32.4 Å². The highest BCUT2D eigenvalue weighted by Crippen LogP contribution is 2.22. The average Bonchev–Trinajstić information content (AvgIpc) is 2.23. The zero-order valence-electron chi connectivity index (χ0n) is 11.1. The van der Waals surface area contributed by atoms with Crippen molar-refractivity contribution in [1.82, 2.24) is 15.0 Å². The van der Waals surface area contributed by atoms with Gasteiger partial charge < -0.3 is 15.7 Å². The van der Waals surface area contributed by atoms with Crippen molar-refractivity contribution in [3.63, 3.8) is 0 Å². The molecule has 0 radical (unpaired) electrons. The first-order chi connectivity index (χ1) is 8.97. The average molecular weight is 314 g/mol. The number of anilines is 2. The van der Waals surface area contributed by atoms with Crippen LogP contribution in [0.5, 0.6) is 0 Å². The zero-order valence-corrected chi connectivity index (χ0v) is 11.8. The van der Waals surface area contributed by atoms with Gasteiger partial charge in [-0.25, -0.2) is 0 Å². The third-order valence-corrected chi connectivity index (χ3v) is 2.29. The summed E-state index contributed by atoms with van der Waals surface area (Å²) in [6.45, 7) is 4.13. The van der Waals surface area contributed by atoms with E-state index in [4.69, 9.17) is 11.6 Å². The molecule has 0 aliphatic carbocycles. The van der Waals surface area contributed by atoms with Crippen LogP contribution in [0.4, 0.5) is 25.1 Å². The minimum absolute atomic E-state index is 0.0241. The number of rotatable bonds is 5. The molecule has 1 aromatic rings. The van der Waals surface area contributed by atoms with Crippen molar-refractivity contribution in [2.24, 2.45) is 0 Å². The third-order valence-electron chi connectivity index (χ3n) is 2.12. The van der Waals surface area contributed by atoms with Gasteiger partial charge in [0, 0.05) is 6.54 Å². The maximum atomic E-state index is 12.4. The molecule has 0 aromatic carbocycles. The molecular weight excluding hydrogens is 299 g/mol. The molecule has 0 bridgehead atoms. The molecule has 0 amide bonds. The number of halogens is 4. The topological polar surface area (TPSA) is 83.0 Å². The molecule has 0 saturated carbocycles. The van der Waals surface area contributed by atoms with Crippen molar-refractivity contribution >= 4 is 23.5 Å². The van der Waals surface area contributed by atoms with Crippen LogP contribution in [-0.2, 0) is 0 Å². The fraction of sp³-hybridized carbons (Fsp3) is 0.700. The van der Waals surface area contributed by atoms with Gasteiger partial charge in [0.05, 0.1) is 5.60 Å². The smallest absolute Gasteiger partial charge is 0.389 e. The molecule has 1 rings (SSSR count). The molecule has 1 atom stereocenters. The number of nitrogens with zero attached hydrogens (tertiary/aromatic N) is 3. The number of aromatic nitrogens is 3. The van der Waals surface area contributed by atoms with Crippen LogP contribution in [0.3, 0.4) is 0 Å². The van der Waals surface area contributed by atoms with Gasteiger partial charge in [0.25, 0.3) is 0 Å². The highest BCUT2D eigenvalue weighted by Gasteiger charge is 2.36. The van der Waals surface area contributed by atoms with E-state index in [1.54, 1.807) is 13.8 Å². The van der Waals surface area contributed by atoms with Gasteiger partial charge in [-0.3, -0.25) is 0 Å². The number of aliphatic hydroxyl groups is 1. The number of hydrogen-bond acceptors (Lipinski definition) is 6. The molecule has 20 heavy (non-hydrogen) atoms. The van der Waals surface area contributed by atoms with E-state index in [0.717, 1.165) is 6.92 Å².